The van der Waals surface area contributed by atoms with E-state index < -0.39 is 0 Å². The second-order valence-corrected chi connectivity index (χ2v) is 4.96. The van der Waals surface area contributed by atoms with Crippen LogP contribution in [0.25, 0.3) is 0 Å². The topological polar surface area (TPSA) is 60.2 Å². The van der Waals surface area contributed by atoms with E-state index in [0.29, 0.717) is 23.2 Å². The average Bonchev–Trinajstić information content (AvgIpc) is 2.33. The Morgan fingerprint density at radius 3 is 2.94 bits per heavy atom. The largest absolute Gasteiger partial charge is 0.388 e. The van der Waals surface area contributed by atoms with Gasteiger partial charge in [-0.3, -0.25) is 4.98 Å². The minimum Gasteiger partial charge on any atom is -0.388 e. The molecule has 0 saturated heterocycles. The zero-order valence-electron chi connectivity index (χ0n) is 11.0. The van der Waals surface area contributed by atoms with Crippen molar-refractivity contribution >= 4 is 22.9 Å². The number of thiocarbonyl (C=S) groups is 1. The number of pyridine rings is 1. The van der Waals surface area contributed by atoms with E-state index in [4.69, 9.17) is 22.7 Å². The Kier molecular flexibility index (Phi) is 6.60. The molecule has 18 heavy (non-hydrogen) atoms. The number of rotatable bonds is 8. The normalized spacial score (nSPS) is 10.6. The Balaban J connectivity index is 2.23. The number of anilines is 1. The molecule has 0 radical (unpaired) electrons. The van der Waals surface area contributed by atoms with Crippen LogP contribution in [0.5, 0.6) is 0 Å². The van der Waals surface area contributed by atoms with Crippen LogP contribution in [0.4, 0.5) is 5.69 Å². The van der Waals surface area contributed by atoms with Gasteiger partial charge in [0.05, 0.1) is 12.3 Å². The molecule has 0 aromatic carbocycles. The minimum atomic E-state index is 0.312. The predicted octanol–water partition coefficient (Wildman–Crippen LogP) is 2.19. The number of nitrogens with one attached hydrogen (secondary N) is 1. The zero-order valence-corrected chi connectivity index (χ0v) is 11.8. The Labute approximate surface area is 114 Å². The van der Waals surface area contributed by atoms with Gasteiger partial charge in [0, 0.05) is 25.0 Å². The van der Waals surface area contributed by atoms with E-state index in [-0.39, 0.29) is 0 Å². The number of aromatic nitrogens is 1. The van der Waals surface area contributed by atoms with Crippen molar-refractivity contribution in [3.8, 4) is 0 Å². The molecule has 5 heteroatoms. The van der Waals surface area contributed by atoms with E-state index in [1.54, 1.807) is 6.20 Å². The zero-order chi connectivity index (χ0) is 13.4. The summed E-state index contributed by atoms with van der Waals surface area (Å²) in [4.78, 5) is 4.39. The van der Waals surface area contributed by atoms with Crippen molar-refractivity contribution in [2.45, 2.75) is 20.3 Å². The average molecular weight is 267 g/mol. The molecule has 1 aromatic rings. The number of nitrogens with two attached hydrogens (primary N) is 1. The Morgan fingerprint density at radius 1 is 1.50 bits per heavy atom. The molecule has 0 spiro atoms. The molecule has 3 N–H and O–H groups in total. The van der Waals surface area contributed by atoms with Crippen molar-refractivity contribution < 1.29 is 4.74 Å². The molecular formula is C13H21N3OS. The Morgan fingerprint density at radius 2 is 2.28 bits per heavy atom. The van der Waals surface area contributed by atoms with Crippen molar-refractivity contribution in [3.05, 3.63) is 24.0 Å². The predicted molar refractivity (Wildman–Crippen MR) is 78.9 cm³/mol. The molecule has 0 aliphatic heterocycles. The first-order valence-corrected chi connectivity index (χ1v) is 6.58. The summed E-state index contributed by atoms with van der Waals surface area (Å²) < 4.78 is 5.52. The summed E-state index contributed by atoms with van der Waals surface area (Å²) in [5, 5.41) is 3.25. The third kappa shape index (κ3) is 5.93. The summed E-state index contributed by atoms with van der Waals surface area (Å²) in [6.07, 6.45) is 2.79. The van der Waals surface area contributed by atoms with E-state index in [1.165, 1.54) is 0 Å². The van der Waals surface area contributed by atoms with Gasteiger partial charge in [0.25, 0.3) is 0 Å². The van der Waals surface area contributed by atoms with Crippen LogP contribution < -0.4 is 11.1 Å². The highest BCUT2D eigenvalue weighted by molar-refractivity contribution is 7.80. The van der Waals surface area contributed by atoms with E-state index >= 15 is 0 Å². The van der Waals surface area contributed by atoms with Gasteiger partial charge in [-0.2, -0.15) is 0 Å². The SMILES string of the molecule is CC(C)CCOCCNc1ccnc(C(N)=S)c1. The molecule has 1 heterocycles. The summed E-state index contributed by atoms with van der Waals surface area (Å²) in [6, 6.07) is 3.73. The Bertz CT molecular complexity index is 382. The molecule has 0 amide bonds. The third-order valence-electron chi connectivity index (χ3n) is 2.43. The number of nitrogens with zero attached hydrogens (tertiary/aromatic N) is 1. The molecule has 0 bridgehead atoms. The van der Waals surface area contributed by atoms with Crippen LogP contribution >= 0.6 is 12.2 Å². The van der Waals surface area contributed by atoms with Gasteiger partial charge in [0.1, 0.15) is 4.99 Å². The van der Waals surface area contributed by atoms with Crippen molar-refractivity contribution in [1.82, 2.24) is 4.98 Å². The van der Waals surface area contributed by atoms with Crippen LogP contribution in [0, 0.1) is 5.92 Å². The van der Waals surface area contributed by atoms with Crippen LogP contribution in [-0.4, -0.2) is 29.7 Å². The summed E-state index contributed by atoms with van der Waals surface area (Å²) in [7, 11) is 0. The second-order valence-electron chi connectivity index (χ2n) is 4.52. The lowest BCUT2D eigenvalue weighted by Gasteiger charge is -2.09. The first-order valence-electron chi connectivity index (χ1n) is 6.17. The van der Waals surface area contributed by atoms with Gasteiger partial charge in [0.15, 0.2) is 0 Å². The molecule has 1 aromatic heterocycles. The van der Waals surface area contributed by atoms with Crippen LogP contribution in [-0.2, 0) is 4.74 Å². The third-order valence-corrected chi connectivity index (χ3v) is 2.64. The first kappa shape index (κ1) is 14.9. The molecular weight excluding hydrogens is 246 g/mol. The van der Waals surface area contributed by atoms with Crippen molar-refractivity contribution in [2.75, 3.05) is 25.1 Å². The summed E-state index contributed by atoms with van der Waals surface area (Å²) in [6.45, 7) is 6.65. The lowest BCUT2D eigenvalue weighted by Crippen LogP contribution is -2.14. The van der Waals surface area contributed by atoms with Gasteiger partial charge < -0.3 is 15.8 Å². The van der Waals surface area contributed by atoms with Gasteiger partial charge in [-0.05, 0) is 24.5 Å². The summed E-state index contributed by atoms with van der Waals surface area (Å²) in [5.74, 6) is 0.686. The minimum absolute atomic E-state index is 0.312. The van der Waals surface area contributed by atoms with Gasteiger partial charge in [-0.15, -0.1) is 0 Å². The molecule has 0 atom stereocenters. The van der Waals surface area contributed by atoms with E-state index in [0.717, 1.165) is 25.3 Å². The van der Waals surface area contributed by atoms with Crippen LogP contribution in [0.3, 0.4) is 0 Å². The fourth-order valence-corrected chi connectivity index (χ4v) is 1.48. The number of hydrogen-bond donors (Lipinski definition) is 2. The highest BCUT2D eigenvalue weighted by Gasteiger charge is 1.99. The van der Waals surface area contributed by atoms with Crippen molar-refractivity contribution in [2.24, 2.45) is 11.7 Å². The smallest absolute Gasteiger partial charge is 0.122 e. The maximum Gasteiger partial charge on any atom is 0.122 e. The molecule has 0 fully saturated rings. The first-order chi connectivity index (χ1) is 8.59. The standard InChI is InChI=1S/C13H21N3OS/c1-10(2)4-7-17-8-6-15-11-3-5-16-12(9-11)13(14)18/h3,5,9-10H,4,6-8H2,1-2H3,(H2,14,18)(H,15,16). The molecule has 4 nitrogen and oxygen atoms in total. The number of hydrogen-bond acceptors (Lipinski definition) is 4. The second kappa shape index (κ2) is 8.00. The van der Waals surface area contributed by atoms with Crippen LogP contribution in [0.15, 0.2) is 18.3 Å². The highest BCUT2D eigenvalue weighted by atomic mass is 32.1. The Hall–Kier alpha value is -1.20. The quantitative estimate of drug-likeness (QED) is 0.558. The fraction of sp³-hybridized carbons (Fsp3) is 0.538. The lowest BCUT2D eigenvalue weighted by molar-refractivity contribution is 0.132. The summed E-state index contributed by atoms with van der Waals surface area (Å²) in [5.41, 5.74) is 7.12. The molecule has 0 saturated carbocycles. The van der Waals surface area contributed by atoms with Crippen molar-refractivity contribution in [1.29, 1.82) is 0 Å². The molecule has 0 aliphatic carbocycles. The van der Waals surface area contributed by atoms with Crippen LogP contribution in [0.2, 0.25) is 0 Å². The molecule has 0 unspecified atom stereocenters. The van der Waals surface area contributed by atoms with E-state index in [9.17, 15) is 0 Å². The monoisotopic (exact) mass is 267 g/mol. The van der Waals surface area contributed by atoms with E-state index in [1.807, 2.05) is 12.1 Å². The van der Waals surface area contributed by atoms with Gasteiger partial charge in [-0.25, -0.2) is 0 Å². The van der Waals surface area contributed by atoms with E-state index in [2.05, 4.69) is 24.1 Å². The molecule has 1 rings (SSSR count). The maximum absolute atomic E-state index is 5.52. The fourth-order valence-electron chi connectivity index (χ4n) is 1.36. The molecule has 0 aliphatic rings. The van der Waals surface area contributed by atoms with Gasteiger partial charge in [-0.1, -0.05) is 26.1 Å². The number of ether oxygens (including phenoxy) is 1. The van der Waals surface area contributed by atoms with Gasteiger partial charge in [0.2, 0.25) is 0 Å². The molecule has 100 valence electrons. The lowest BCUT2D eigenvalue weighted by atomic mass is 10.1. The highest BCUT2D eigenvalue weighted by Crippen LogP contribution is 2.07. The van der Waals surface area contributed by atoms with Crippen molar-refractivity contribution in [3.63, 3.8) is 0 Å². The summed E-state index contributed by atoms with van der Waals surface area (Å²) >= 11 is 4.88. The van der Waals surface area contributed by atoms with Crippen LogP contribution in [0.1, 0.15) is 26.0 Å². The van der Waals surface area contributed by atoms with Gasteiger partial charge >= 0.3 is 0 Å². The maximum atomic E-state index is 5.52.